The lowest BCUT2D eigenvalue weighted by atomic mass is 10.2. The highest BCUT2D eigenvalue weighted by Crippen LogP contribution is 2.32. The number of carbonyl (C=O) groups excluding carboxylic acids is 1. The number of ether oxygens (including phenoxy) is 2. The normalized spacial score (nSPS) is 12.5. The van der Waals surface area contributed by atoms with Gasteiger partial charge in [-0.2, -0.15) is 0 Å². The number of fused-ring (bicyclic) bond motifs is 2. The Hall–Kier alpha value is -3.09. The van der Waals surface area contributed by atoms with Gasteiger partial charge < -0.3 is 19.2 Å². The van der Waals surface area contributed by atoms with Crippen LogP contribution in [0.15, 0.2) is 42.7 Å². The minimum atomic E-state index is -0.317. The van der Waals surface area contributed by atoms with Crippen molar-refractivity contribution < 1.29 is 18.7 Å². The third-order valence-corrected chi connectivity index (χ3v) is 3.77. The fourth-order valence-electron chi connectivity index (χ4n) is 2.58. The van der Waals surface area contributed by atoms with Crippen LogP contribution >= 0.6 is 0 Å². The molecule has 3 heterocycles. The number of halogens is 1. The van der Waals surface area contributed by atoms with Gasteiger partial charge >= 0.3 is 0 Å². The van der Waals surface area contributed by atoms with Gasteiger partial charge in [0.2, 0.25) is 6.79 Å². The van der Waals surface area contributed by atoms with E-state index in [1.54, 1.807) is 34.9 Å². The van der Waals surface area contributed by atoms with E-state index < -0.39 is 0 Å². The van der Waals surface area contributed by atoms with Crippen molar-refractivity contribution in [2.75, 3.05) is 13.3 Å². The van der Waals surface area contributed by atoms with Crippen LogP contribution in [0.1, 0.15) is 16.1 Å². The molecule has 3 aromatic rings. The zero-order chi connectivity index (χ0) is 16.5. The number of rotatable bonds is 4. The van der Waals surface area contributed by atoms with E-state index in [-0.39, 0.29) is 18.5 Å². The second-order valence-corrected chi connectivity index (χ2v) is 5.42. The molecule has 0 saturated heterocycles. The Morgan fingerprint density at radius 1 is 1.21 bits per heavy atom. The molecular formula is C17H14FN3O3. The van der Waals surface area contributed by atoms with E-state index >= 15 is 0 Å². The average Bonchev–Trinajstić information content (AvgIpc) is 3.19. The van der Waals surface area contributed by atoms with Crippen LogP contribution in [-0.2, 0) is 6.42 Å². The summed E-state index contributed by atoms with van der Waals surface area (Å²) in [5, 5.41) is 2.84. The van der Waals surface area contributed by atoms with E-state index in [0.717, 1.165) is 5.69 Å². The topological polar surface area (TPSA) is 64.9 Å². The van der Waals surface area contributed by atoms with E-state index in [4.69, 9.17) is 9.47 Å². The van der Waals surface area contributed by atoms with Crippen molar-refractivity contribution in [1.29, 1.82) is 0 Å². The highest BCUT2D eigenvalue weighted by atomic mass is 19.1. The molecule has 0 fully saturated rings. The number of pyridine rings is 1. The molecule has 2 aromatic heterocycles. The first-order valence-electron chi connectivity index (χ1n) is 7.50. The van der Waals surface area contributed by atoms with Crippen LogP contribution in [-0.4, -0.2) is 28.6 Å². The Morgan fingerprint density at radius 2 is 2.08 bits per heavy atom. The SMILES string of the molecule is O=C(NCCc1cn2cc(F)ccc2n1)c1ccc2c(c1)OCO2. The Labute approximate surface area is 136 Å². The van der Waals surface area contributed by atoms with Gasteiger partial charge in [-0.25, -0.2) is 9.37 Å². The third kappa shape index (κ3) is 2.76. The molecule has 1 amide bonds. The summed E-state index contributed by atoms with van der Waals surface area (Å²) >= 11 is 0. The van der Waals surface area contributed by atoms with Gasteiger partial charge in [0.25, 0.3) is 5.91 Å². The van der Waals surface area contributed by atoms with Crippen LogP contribution in [0.3, 0.4) is 0 Å². The Balaban J connectivity index is 1.38. The summed E-state index contributed by atoms with van der Waals surface area (Å²) in [6, 6.07) is 8.05. The van der Waals surface area contributed by atoms with Crippen molar-refractivity contribution >= 4 is 11.6 Å². The van der Waals surface area contributed by atoms with Crippen molar-refractivity contribution in [1.82, 2.24) is 14.7 Å². The van der Waals surface area contributed by atoms with Crippen molar-refractivity contribution in [3.8, 4) is 11.5 Å². The van der Waals surface area contributed by atoms with Gasteiger partial charge in [0.1, 0.15) is 11.5 Å². The minimum Gasteiger partial charge on any atom is -0.454 e. The average molecular weight is 327 g/mol. The zero-order valence-electron chi connectivity index (χ0n) is 12.7. The second kappa shape index (κ2) is 5.84. The van der Waals surface area contributed by atoms with Crippen molar-refractivity contribution in [3.63, 3.8) is 0 Å². The highest BCUT2D eigenvalue weighted by Gasteiger charge is 2.16. The van der Waals surface area contributed by atoms with E-state index in [2.05, 4.69) is 10.3 Å². The van der Waals surface area contributed by atoms with Gasteiger partial charge in [-0.15, -0.1) is 0 Å². The second-order valence-electron chi connectivity index (χ2n) is 5.42. The summed E-state index contributed by atoms with van der Waals surface area (Å²) < 4.78 is 25.3. The molecule has 1 aromatic carbocycles. The van der Waals surface area contributed by atoms with Crippen LogP contribution < -0.4 is 14.8 Å². The van der Waals surface area contributed by atoms with Gasteiger partial charge in [-0.05, 0) is 30.3 Å². The van der Waals surface area contributed by atoms with E-state index in [9.17, 15) is 9.18 Å². The number of nitrogens with one attached hydrogen (secondary N) is 1. The van der Waals surface area contributed by atoms with Crippen LogP contribution in [0, 0.1) is 5.82 Å². The lowest BCUT2D eigenvalue weighted by Gasteiger charge is -2.05. The van der Waals surface area contributed by atoms with Gasteiger partial charge in [0.05, 0.1) is 5.69 Å². The Bertz CT molecular complexity index is 923. The van der Waals surface area contributed by atoms with Crippen LogP contribution in [0.4, 0.5) is 4.39 Å². The molecule has 122 valence electrons. The van der Waals surface area contributed by atoms with E-state index in [0.29, 0.717) is 35.7 Å². The third-order valence-electron chi connectivity index (χ3n) is 3.77. The summed E-state index contributed by atoms with van der Waals surface area (Å²) in [5.41, 5.74) is 1.97. The molecule has 0 radical (unpaired) electrons. The molecule has 0 bridgehead atoms. The quantitative estimate of drug-likeness (QED) is 0.798. The lowest BCUT2D eigenvalue weighted by Crippen LogP contribution is -2.25. The molecule has 1 aliphatic rings. The van der Waals surface area contributed by atoms with Crippen LogP contribution in [0.2, 0.25) is 0 Å². The number of hydrogen-bond acceptors (Lipinski definition) is 4. The molecule has 1 N–H and O–H groups in total. The standard InChI is InChI=1S/C17H14FN3O3/c18-12-2-4-16-20-13(9-21(16)8-12)5-6-19-17(22)11-1-3-14-15(7-11)24-10-23-14/h1-4,7-9H,5-6,10H2,(H,19,22). The Morgan fingerprint density at radius 3 is 3.00 bits per heavy atom. The predicted octanol–water partition coefficient (Wildman–Crippen LogP) is 2.17. The minimum absolute atomic E-state index is 0.175. The molecule has 0 saturated carbocycles. The molecule has 1 aliphatic heterocycles. The first-order chi connectivity index (χ1) is 11.7. The molecular weight excluding hydrogens is 313 g/mol. The summed E-state index contributed by atoms with van der Waals surface area (Å²) in [7, 11) is 0. The van der Waals surface area contributed by atoms with Crippen LogP contribution in [0.5, 0.6) is 11.5 Å². The maximum Gasteiger partial charge on any atom is 0.251 e. The number of imidazole rings is 1. The maximum absolute atomic E-state index is 13.2. The number of nitrogens with zero attached hydrogens (tertiary/aromatic N) is 2. The summed E-state index contributed by atoms with van der Waals surface area (Å²) in [5.74, 6) is 0.708. The van der Waals surface area contributed by atoms with Gasteiger partial charge in [-0.1, -0.05) is 0 Å². The first kappa shape index (κ1) is 14.5. The molecule has 7 heteroatoms. The van der Waals surface area contributed by atoms with Gasteiger partial charge in [0, 0.05) is 30.9 Å². The van der Waals surface area contributed by atoms with Crippen LogP contribution in [0.25, 0.3) is 5.65 Å². The zero-order valence-corrected chi connectivity index (χ0v) is 12.7. The summed E-state index contributed by atoms with van der Waals surface area (Å²) in [4.78, 5) is 16.5. The number of benzene rings is 1. The largest absolute Gasteiger partial charge is 0.454 e. The summed E-state index contributed by atoms with van der Waals surface area (Å²) in [6.45, 7) is 0.606. The van der Waals surface area contributed by atoms with E-state index in [1.165, 1.54) is 12.3 Å². The first-order valence-corrected chi connectivity index (χ1v) is 7.50. The Kier molecular flexibility index (Phi) is 3.53. The monoisotopic (exact) mass is 327 g/mol. The van der Waals surface area contributed by atoms with E-state index in [1.807, 2.05) is 0 Å². The number of carbonyl (C=O) groups is 1. The maximum atomic E-state index is 13.2. The fraction of sp³-hybridized carbons (Fsp3) is 0.176. The number of amides is 1. The fourth-order valence-corrected chi connectivity index (χ4v) is 2.58. The number of hydrogen-bond donors (Lipinski definition) is 1. The molecule has 24 heavy (non-hydrogen) atoms. The molecule has 0 atom stereocenters. The molecule has 4 rings (SSSR count). The lowest BCUT2D eigenvalue weighted by molar-refractivity contribution is 0.0953. The van der Waals surface area contributed by atoms with Gasteiger partial charge in [-0.3, -0.25) is 4.79 Å². The van der Waals surface area contributed by atoms with Crippen molar-refractivity contribution in [2.45, 2.75) is 6.42 Å². The number of aromatic nitrogens is 2. The smallest absolute Gasteiger partial charge is 0.251 e. The van der Waals surface area contributed by atoms with Crippen molar-refractivity contribution in [2.24, 2.45) is 0 Å². The van der Waals surface area contributed by atoms with Crippen molar-refractivity contribution in [3.05, 3.63) is 59.8 Å². The molecule has 0 aliphatic carbocycles. The predicted molar refractivity (Wildman–Crippen MR) is 83.8 cm³/mol. The molecule has 0 spiro atoms. The highest BCUT2D eigenvalue weighted by molar-refractivity contribution is 5.94. The summed E-state index contributed by atoms with van der Waals surface area (Å²) in [6.07, 6.45) is 3.68. The van der Waals surface area contributed by atoms with Gasteiger partial charge in [0.15, 0.2) is 11.5 Å². The molecule has 0 unspecified atom stereocenters. The molecule has 6 nitrogen and oxygen atoms in total.